The lowest BCUT2D eigenvalue weighted by atomic mass is 10.2. The summed E-state index contributed by atoms with van der Waals surface area (Å²) in [6.45, 7) is 2.63. The van der Waals surface area contributed by atoms with Crippen LogP contribution in [-0.4, -0.2) is 26.6 Å². The Morgan fingerprint density at radius 2 is 1.91 bits per heavy atom. The lowest BCUT2D eigenvalue weighted by Crippen LogP contribution is -2.27. The smallest absolute Gasteiger partial charge is 0.241 e. The third kappa shape index (κ3) is 3.05. The SMILES string of the molecule is C[C@H](NS(=O)(=O)c1ccc2c(c1)OCCO2)c1ccccn1. The Hall–Kier alpha value is -2.12. The highest BCUT2D eigenvalue weighted by Gasteiger charge is 2.22. The van der Waals surface area contributed by atoms with E-state index in [0.29, 0.717) is 30.4 Å². The molecule has 0 fully saturated rings. The van der Waals surface area contributed by atoms with Crippen LogP contribution in [0.25, 0.3) is 0 Å². The van der Waals surface area contributed by atoms with Gasteiger partial charge in [-0.15, -0.1) is 0 Å². The van der Waals surface area contributed by atoms with E-state index in [1.807, 2.05) is 6.07 Å². The largest absolute Gasteiger partial charge is 0.486 e. The number of pyridine rings is 1. The summed E-state index contributed by atoms with van der Waals surface area (Å²) in [5.74, 6) is 1.00. The molecule has 1 aromatic heterocycles. The molecule has 116 valence electrons. The number of fused-ring (bicyclic) bond motifs is 1. The number of hydrogen-bond acceptors (Lipinski definition) is 5. The van der Waals surface area contributed by atoms with Gasteiger partial charge in [0, 0.05) is 12.3 Å². The summed E-state index contributed by atoms with van der Waals surface area (Å²) in [5.41, 5.74) is 0.656. The molecule has 22 heavy (non-hydrogen) atoms. The summed E-state index contributed by atoms with van der Waals surface area (Å²) in [5, 5.41) is 0. The Bertz CT molecular complexity index is 762. The van der Waals surface area contributed by atoms with Gasteiger partial charge in [-0.25, -0.2) is 13.1 Å². The minimum Gasteiger partial charge on any atom is -0.486 e. The second-order valence-electron chi connectivity index (χ2n) is 4.90. The molecule has 0 spiro atoms. The van der Waals surface area contributed by atoms with Gasteiger partial charge in [0.2, 0.25) is 10.0 Å². The van der Waals surface area contributed by atoms with Crippen molar-refractivity contribution in [1.82, 2.24) is 9.71 Å². The summed E-state index contributed by atoms with van der Waals surface area (Å²) >= 11 is 0. The number of rotatable bonds is 4. The summed E-state index contributed by atoms with van der Waals surface area (Å²) in [4.78, 5) is 4.29. The van der Waals surface area contributed by atoms with Gasteiger partial charge in [0.25, 0.3) is 0 Å². The molecule has 0 amide bonds. The maximum atomic E-state index is 12.5. The monoisotopic (exact) mass is 320 g/mol. The van der Waals surface area contributed by atoms with E-state index in [9.17, 15) is 8.42 Å². The van der Waals surface area contributed by atoms with E-state index in [2.05, 4.69) is 9.71 Å². The molecule has 1 aromatic carbocycles. The number of nitrogens with one attached hydrogen (secondary N) is 1. The summed E-state index contributed by atoms with van der Waals surface area (Å²) < 4.78 is 38.4. The van der Waals surface area contributed by atoms with Crippen molar-refractivity contribution < 1.29 is 17.9 Å². The number of aromatic nitrogens is 1. The normalized spacial score (nSPS) is 15.3. The fourth-order valence-corrected chi connectivity index (χ4v) is 3.42. The number of ether oxygens (including phenoxy) is 2. The Balaban J connectivity index is 1.84. The van der Waals surface area contributed by atoms with Crippen LogP contribution < -0.4 is 14.2 Å². The quantitative estimate of drug-likeness (QED) is 0.931. The first-order valence-corrected chi connectivity index (χ1v) is 8.37. The molecule has 1 N–H and O–H groups in total. The summed E-state index contributed by atoms with van der Waals surface area (Å²) in [6, 6.07) is 9.52. The van der Waals surface area contributed by atoms with Crippen LogP contribution in [0.15, 0.2) is 47.5 Å². The van der Waals surface area contributed by atoms with Crippen LogP contribution in [0, 0.1) is 0 Å². The Morgan fingerprint density at radius 1 is 1.14 bits per heavy atom. The van der Waals surface area contributed by atoms with Crippen molar-refractivity contribution in [1.29, 1.82) is 0 Å². The van der Waals surface area contributed by atoms with Crippen LogP contribution in [0.5, 0.6) is 11.5 Å². The molecule has 0 saturated carbocycles. The zero-order valence-electron chi connectivity index (χ0n) is 12.0. The molecule has 1 atom stereocenters. The molecular formula is C15H16N2O4S. The molecule has 1 aliphatic heterocycles. The Morgan fingerprint density at radius 3 is 2.64 bits per heavy atom. The van der Waals surface area contributed by atoms with Crippen molar-refractivity contribution in [2.75, 3.05) is 13.2 Å². The van der Waals surface area contributed by atoms with Crippen LogP contribution in [0.1, 0.15) is 18.7 Å². The molecule has 0 radical (unpaired) electrons. The number of nitrogens with zero attached hydrogens (tertiary/aromatic N) is 1. The molecule has 0 bridgehead atoms. The van der Waals surface area contributed by atoms with Gasteiger partial charge >= 0.3 is 0 Å². The first kappa shape index (κ1) is 14.8. The standard InChI is InChI=1S/C15H16N2O4S/c1-11(13-4-2-3-7-16-13)17-22(18,19)12-5-6-14-15(10-12)21-9-8-20-14/h2-7,10-11,17H,8-9H2,1H3/t11-/m0/s1. The Kier molecular flexibility index (Phi) is 4.00. The van der Waals surface area contributed by atoms with E-state index in [1.54, 1.807) is 31.3 Å². The predicted octanol–water partition coefficient (Wildman–Crippen LogP) is 1.89. The first-order chi connectivity index (χ1) is 10.6. The van der Waals surface area contributed by atoms with Gasteiger partial charge in [-0.1, -0.05) is 6.07 Å². The van der Waals surface area contributed by atoms with Crippen LogP contribution in [-0.2, 0) is 10.0 Å². The molecule has 1 aliphatic rings. The van der Waals surface area contributed by atoms with Gasteiger partial charge in [-0.2, -0.15) is 0 Å². The molecule has 3 rings (SSSR count). The summed E-state index contributed by atoms with van der Waals surface area (Å²) in [6.07, 6.45) is 1.63. The topological polar surface area (TPSA) is 77.5 Å². The maximum absolute atomic E-state index is 12.5. The second-order valence-corrected chi connectivity index (χ2v) is 6.62. The van der Waals surface area contributed by atoms with E-state index in [0.717, 1.165) is 0 Å². The molecule has 6 nitrogen and oxygen atoms in total. The Labute approximate surface area is 129 Å². The molecule has 0 aliphatic carbocycles. The van der Waals surface area contributed by atoms with Gasteiger partial charge in [0.1, 0.15) is 13.2 Å². The molecule has 2 aromatic rings. The van der Waals surface area contributed by atoms with Gasteiger partial charge in [0.05, 0.1) is 16.6 Å². The fourth-order valence-electron chi connectivity index (χ4n) is 2.18. The van der Waals surface area contributed by atoms with E-state index in [4.69, 9.17) is 9.47 Å². The first-order valence-electron chi connectivity index (χ1n) is 6.89. The predicted molar refractivity (Wildman–Crippen MR) is 80.4 cm³/mol. The van der Waals surface area contributed by atoms with Crippen LogP contribution in [0.4, 0.5) is 0 Å². The van der Waals surface area contributed by atoms with E-state index >= 15 is 0 Å². The highest BCUT2D eigenvalue weighted by atomic mass is 32.2. The molecule has 2 heterocycles. The number of hydrogen-bond donors (Lipinski definition) is 1. The molecule has 0 unspecified atom stereocenters. The third-order valence-corrected chi connectivity index (χ3v) is 4.83. The van der Waals surface area contributed by atoms with Gasteiger partial charge in [-0.05, 0) is 31.2 Å². The van der Waals surface area contributed by atoms with Crippen molar-refractivity contribution in [2.45, 2.75) is 17.9 Å². The van der Waals surface area contributed by atoms with Crippen molar-refractivity contribution in [3.8, 4) is 11.5 Å². The van der Waals surface area contributed by atoms with E-state index < -0.39 is 16.1 Å². The lowest BCUT2D eigenvalue weighted by Gasteiger charge is -2.19. The van der Waals surface area contributed by atoms with Crippen molar-refractivity contribution in [2.24, 2.45) is 0 Å². The lowest BCUT2D eigenvalue weighted by molar-refractivity contribution is 0.171. The van der Waals surface area contributed by atoms with Crippen molar-refractivity contribution in [3.63, 3.8) is 0 Å². The van der Waals surface area contributed by atoms with E-state index in [1.165, 1.54) is 12.1 Å². The highest BCUT2D eigenvalue weighted by molar-refractivity contribution is 7.89. The zero-order chi connectivity index (χ0) is 15.6. The van der Waals surface area contributed by atoms with Gasteiger partial charge < -0.3 is 9.47 Å². The average molecular weight is 320 g/mol. The fraction of sp³-hybridized carbons (Fsp3) is 0.267. The number of sulfonamides is 1. The minimum atomic E-state index is -3.67. The third-order valence-electron chi connectivity index (χ3n) is 3.29. The summed E-state index contributed by atoms with van der Waals surface area (Å²) in [7, 11) is -3.67. The van der Waals surface area contributed by atoms with Gasteiger partial charge in [-0.3, -0.25) is 4.98 Å². The van der Waals surface area contributed by atoms with E-state index in [-0.39, 0.29) is 4.90 Å². The second kappa shape index (κ2) is 5.94. The van der Waals surface area contributed by atoms with Crippen LogP contribution >= 0.6 is 0 Å². The van der Waals surface area contributed by atoms with Crippen molar-refractivity contribution >= 4 is 10.0 Å². The molecule has 0 saturated heterocycles. The maximum Gasteiger partial charge on any atom is 0.241 e. The van der Waals surface area contributed by atoms with Crippen LogP contribution in [0.2, 0.25) is 0 Å². The molecular weight excluding hydrogens is 304 g/mol. The number of benzene rings is 1. The van der Waals surface area contributed by atoms with Gasteiger partial charge in [0.15, 0.2) is 11.5 Å². The zero-order valence-corrected chi connectivity index (χ0v) is 12.8. The molecule has 7 heteroatoms. The van der Waals surface area contributed by atoms with Crippen LogP contribution in [0.3, 0.4) is 0 Å². The average Bonchev–Trinajstić information content (AvgIpc) is 2.55. The van der Waals surface area contributed by atoms with Crippen molar-refractivity contribution in [3.05, 3.63) is 48.3 Å². The minimum absolute atomic E-state index is 0.138. The highest BCUT2D eigenvalue weighted by Crippen LogP contribution is 2.32.